The summed E-state index contributed by atoms with van der Waals surface area (Å²) in [6.07, 6.45) is 1.59. The molecule has 0 radical (unpaired) electrons. The number of nitrogens with zero attached hydrogens (tertiary/aromatic N) is 3. The van der Waals surface area contributed by atoms with Crippen molar-refractivity contribution in [1.82, 2.24) is 25.8 Å². The van der Waals surface area contributed by atoms with E-state index in [4.69, 9.17) is 11.6 Å². The van der Waals surface area contributed by atoms with E-state index in [2.05, 4.69) is 25.8 Å². The molecule has 4 rings (SSSR count). The normalized spacial score (nSPS) is 10.8. The van der Waals surface area contributed by atoms with Gasteiger partial charge in [0.15, 0.2) is 5.16 Å². The number of carbonyl (C=O) groups is 2. The van der Waals surface area contributed by atoms with Crippen molar-refractivity contribution in [1.29, 1.82) is 0 Å². The Bertz CT molecular complexity index is 1320. The number of halogens is 1. The molecule has 0 saturated heterocycles. The van der Waals surface area contributed by atoms with Crippen molar-refractivity contribution in [3.05, 3.63) is 93.9 Å². The second kappa shape index (κ2) is 9.97. The fourth-order valence-electron chi connectivity index (χ4n) is 3.24. The minimum atomic E-state index is -0.504. The number of nitrogens with one attached hydrogen (secondary N) is 2. The predicted octanol–water partition coefficient (Wildman–Crippen LogP) is 4.66. The third-order valence-electron chi connectivity index (χ3n) is 4.75. The number of amides is 2. The number of hydrazine groups is 1. The zero-order chi connectivity index (χ0) is 23.4. The number of benzene rings is 2. The molecular formula is C24H20ClN5O2S. The average Bonchev–Trinajstić information content (AvgIpc) is 2.80. The monoisotopic (exact) mass is 477 g/mol. The summed E-state index contributed by atoms with van der Waals surface area (Å²) in [5.41, 5.74) is 8.95. The molecule has 0 aliphatic rings. The number of pyridine rings is 1. The Morgan fingerprint density at radius 3 is 2.36 bits per heavy atom. The van der Waals surface area contributed by atoms with Crippen LogP contribution < -0.4 is 10.9 Å². The van der Waals surface area contributed by atoms with Crippen LogP contribution in [-0.4, -0.2) is 26.8 Å². The first-order valence-electron chi connectivity index (χ1n) is 10.1. The molecular weight excluding hydrogens is 458 g/mol. The fourth-order valence-corrected chi connectivity index (χ4v) is 4.37. The van der Waals surface area contributed by atoms with E-state index in [9.17, 15) is 9.59 Å². The first kappa shape index (κ1) is 22.7. The van der Waals surface area contributed by atoms with Crippen molar-refractivity contribution >= 4 is 46.1 Å². The number of aromatic nitrogens is 3. The van der Waals surface area contributed by atoms with Crippen LogP contribution in [0.15, 0.2) is 66.0 Å². The molecule has 0 aliphatic heterocycles. The minimum Gasteiger partial charge on any atom is -0.267 e. The van der Waals surface area contributed by atoms with E-state index in [1.165, 1.54) is 17.8 Å². The highest BCUT2D eigenvalue weighted by Gasteiger charge is 2.14. The molecule has 0 fully saturated rings. The van der Waals surface area contributed by atoms with Crippen molar-refractivity contribution in [2.24, 2.45) is 0 Å². The quantitative estimate of drug-likeness (QED) is 0.246. The Kier molecular flexibility index (Phi) is 6.86. The van der Waals surface area contributed by atoms with Crippen LogP contribution in [-0.2, 0) is 5.75 Å². The van der Waals surface area contributed by atoms with Gasteiger partial charge in [0.1, 0.15) is 0 Å². The SMILES string of the molecule is Cc1cc(C)nc(SCc2ccc(C(=O)NNC(=O)c3cc(Cl)cc4cccnc34)cc2)n1. The van der Waals surface area contributed by atoms with Gasteiger partial charge < -0.3 is 0 Å². The summed E-state index contributed by atoms with van der Waals surface area (Å²) < 4.78 is 0. The second-order valence-corrected chi connectivity index (χ2v) is 8.73. The Morgan fingerprint density at radius 2 is 1.64 bits per heavy atom. The lowest BCUT2D eigenvalue weighted by molar-refractivity contribution is 0.0847. The molecule has 33 heavy (non-hydrogen) atoms. The van der Waals surface area contributed by atoms with Gasteiger partial charge in [0, 0.05) is 39.3 Å². The van der Waals surface area contributed by atoms with Crippen LogP contribution >= 0.6 is 23.4 Å². The summed E-state index contributed by atoms with van der Waals surface area (Å²) in [5.74, 6) is -0.258. The molecule has 2 amide bonds. The van der Waals surface area contributed by atoms with Crippen molar-refractivity contribution in [3.63, 3.8) is 0 Å². The van der Waals surface area contributed by atoms with Crippen LogP contribution in [0, 0.1) is 13.8 Å². The molecule has 7 nitrogen and oxygen atoms in total. The number of thioether (sulfide) groups is 1. The summed E-state index contributed by atoms with van der Waals surface area (Å²) in [5, 5.41) is 1.87. The molecule has 0 atom stereocenters. The van der Waals surface area contributed by atoms with Crippen molar-refractivity contribution in [2.75, 3.05) is 0 Å². The lowest BCUT2D eigenvalue weighted by Gasteiger charge is -2.10. The van der Waals surface area contributed by atoms with Crippen LogP contribution in [0.4, 0.5) is 0 Å². The van der Waals surface area contributed by atoms with Crippen LogP contribution in [0.2, 0.25) is 5.02 Å². The maximum absolute atomic E-state index is 12.6. The van der Waals surface area contributed by atoms with Gasteiger partial charge in [-0.25, -0.2) is 9.97 Å². The number of carbonyl (C=O) groups excluding carboxylic acids is 2. The molecule has 2 heterocycles. The van der Waals surface area contributed by atoms with Gasteiger partial charge in [-0.3, -0.25) is 25.4 Å². The lowest BCUT2D eigenvalue weighted by atomic mass is 10.1. The van der Waals surface area contributed by atoms with Crippen LogP contribution in [0.1, 0.15) is 37.7 Å². The van der Waals surface area contributed by atoms with E-state index in [1.54, 1.807) is 30.5 Å². The molecule has 9 heteroatoms. The number of rotatable bonds is 5. The lowest BCUT2D eigenvalue weighted by Crippen LogP contribution is -2.41. The van der Waals surface area contributed by atoms with Gasteiger partial charge in [-0.2, -0.15) is 0 Å². The van der Waals surface area contributed by atoms with E-state index >= 15 is 0 Å². The maximum atomic E-state index is 12.6. The summed E-state index contributed by atoms with van der Waals surface area (Å²) in [6, 6.07) is 15.9. The molecule has 2 aromatic heterocycles. The van der Waals surface area contributed by atoms with Gasteiger partial charge in [-0.15, -0.1) is 0 Å². The average molecular weight is 478 g/mol. The number of hydrogen-bond acceptors (Lipinski definition) is 6. The van der Waals surface area contributed by atoms with Gasteiger partial charge in [0.25, 0.3) is 11.8 Å². The fraction of sp³-hybridized carbons (Fsp3) is 0.125. The predicted molar refractivity (Wildman–Crippen MR) is 129 cm³/mol. The van der Waals surface area contributed by atoms with Gasteiger partial charge >= 0.3 is 0 Å². The van der Waals surface area contributed by atoms with E-state index in [0.29, 0.717) is 21.9 Å². The standard InChI is InChI=1S/C24H20ClN5O2S/c1-14-10-15(2)28-24(27-14)33-13-16-5-7-17(8-6-16)22(31)29-30-23(32)20-12-19(25)11-18-4-3-9-26-21(18)20/h3-12H,13H2,1-2H3,(H,29,31)(H,30,32). The molecule has 4 aromatic rings. The summed E-state index contributed by atoms with van der Waals surface area (Å²) in [4.78, 5) is 38.2. The van der Waals surface area contributed by atoms with Crippen molar-refractivity contribution < 1.29 is 9.59 Å². The molecule has 2 N–H and O–H groups in total. The zero-order valence-corrected chi connectivity index (χ0v) is 19.5. The highest BCUT2D eigenvalue weighted by atomic mass is 35.5. The van der Waals surface area contributed by atoms with Crippen molar-refractivity contribution in [3.8, 4) is 0 Å². The molecule has 0 unspecified atom stereocenters. The first-order chi connectivity index (χ1) is 15.9. The smallest absolute Gasteiger partial charge is 0.267 e. The summed E-state index contributed by atoms with van der Waals surface area (Å²) in [7, 11) is 0. The number of fused-ring (bicyclic) bond motifs is 1. The second-order valence-electron chi connectivity index (χ2n) is 7.36. The van der Waals surface area contributed by atoms with E-state index in [0.717, 1.165) is 27.5 Å². The third kappa shape index (κ3) is 5.66. The first-order valence-corrected chi connectivity index (χ1v) is 11.4. The van der Waals surface area contributed by atoms with E-state index in [1.807, 2.05) is 38.1 Å². The molecule has 0 spiro atoms. The Morgan fingerprint density at radius 1 is 0.939 bits per heavy atom. The van der Waals surface area contributed by atoms with E-state index in [-0.39, 0.29) is 5.56 Å². The van der Waals surface area contributed by atoms with Crippen LogP contribution in [0.5, 0.6) is 0 Å². The Hall–Kier alpha value is -3.49. The molecule has 0 saturated carbocycles. The molecule has 0 bridgehead atoms. The topological polar surface area (TPSA) is 96.9 Å². The molecule has 2 aromatic carbocycles. The van der Waals surface area contributed by atoms with Gasteiger partial charge in [0.05, 0.1) is 11.1 Å². The van der Waals surface area contributed by atoms with Crippen LogP contribution in [0.3, 0.4) is 0 Å². The minimum absolute atomic E-state index is 0.277. The van der Waals surface area contributed by atoms with E-state index < -0.39 is 11.8 Å². The van der Waals surface area contributed by atoms with Gasteiger partial charge in [-0.05, 0) is 55.8 Å². The van der Waals surface area contributed by atoms with Gasteiger partial charge in [0.2, 0.25) is 0 Å². The molecule has 166 valence electrons. The van der Waals surface area contributed by atoms with Gasteiger partial charge in [-0.1, -0.05) is 41.6 Å². The third-order valence-corrected chi connectivity index (χ3v) is 5.89. The van der Waals surface area contributed by atoms with Crippen molar-refractivity contribution in [2.45, 2.75) is 24.8 Å². The summed E-state index contributed by atoms with van der Waals surface area (Å²) in [6.45, 7) is 3.88. The Balaban J connectivity index is 1.37. The largest absolute Gasteiger partial charge is 0.271 e. The summed E-state index contributed by atoms with van der Waals surface area (Å²) >= 11 is 7.65. The molecule has 0 aliphatic carbocycles. The zero-order valence-electron chi connectivity index (χ0n) is 17.9. The Labute approximate surface area is 200 Å². The number of aryl methyl sites for hydroxylation is 2. The number of hydrogen-bond donors (Lipinski definition) is 2. The van der Waals surface area contributed by atoms with Crippen LogP contribution in [0.25, 0.3) is 10.9 Å². The maximum Gasteiger partial charge on any atom is 0.271 e. The highest BCUT2D eigenvalue weighted by Crippen LogP contribution is 2.22. The highest BCUT2D eigenvalue weighted by molar-refractivity contribution is 7.98.